The van der Waals surface area contributed by atoms with Crippen molar-refractivity contribution in [3.05, 3.63) is 59.6 Å². The third kappa shape index (κ3) is 4.89. The lowest BCUT2D eigenvalue weighted by Crippen LogP contribution is -2.38. The Morgan fingerprint density at radius 2 is 1.69 bits per heavy atom. The van der Waals surface area contributed by atoms with Crippen molar-refractivity contribution in [1.29, 1.82) is 0 Å². The van der Waals surface area contributed by atoms with Crippen LogP contribution < -0.4 is 9.64 Å². The van der Waals surface area contributed by atoms with Gasteiger partial charge in [-0.05, 0) is 42.5 Å². The predicted octanol–water partition coefficient (Wildman–Crippen LogP) is 2.42. The molecule has 11 heteroatoms. The number of anilines is 1. The lowest BCUT2D eigenvalue weighted by Gasteiger charge is -2.31. The minimum absolute atomic E-state index is 0.0123. The number of rotatable bonds is 6. The van der Waals surface area contributed by atoms with Crippen LogP contribution >= 0.6 is 0 Å². The SMILES string of the molecule is COC(=O)C1=C(C(=O)OC)N(c2ccc(Oc3ccc(S(C)(=O)=O)cc3F)cc2)COC1. The number of carbonyl (C=O) groups excluding carboxylic acids is 2. The van der Waals surface area contributed by atoms with E-state index < -0.39 is 27.6 Å². The van der Waals surface area contributed by atoms with Gasteiger partial charge in [0.2, 0.25) is 0 Å². The monoisotopic (exact) mass is 465 g/mol. The Kier molecular flexibility index (Phi) is 6.80. The Bertz CT molecular complexity index is 1170. The number of halogens is 1. The first-order valence-corrected chi connectivity index (χ1v) is 11.1. The molecule has 32 heavy (non-hydrogen) atoms. The molecule has 1 aliphatic rings. The molecule has 0 unspecified atom stereocenters. The smallest absolute Gasteiger partial charge is 0.355 e. The van der Waals surface area contributed by atoms with Crippen molar-refractivity contribution in [1.82, 2.24) is 0 Å². The Hall–Kier alpha value is -3.44. The minimum Gasteiger partial charge on any atom is -0.466 e. The van der Waals surface area contributed by atoms with E-state index >= 15 is 0 Å². The zero-order valence-corrected chi connectivity index (χ0v) is 18.3. The molecule has 0 spiro atoms. The van der Waals surface area contributed by atoms with Crippen LogP contribution in [0.5, 0.6) is 11.5 Å². The Balaban J connectivity index is 1.88. The number of ether oxygens (including phenoxy) is 4. The van der Waals surface area contributed by atoms with Crippen molar-refractivity contribution in [2.45, 2.75) is 4.90 Å². The molecule has 0 saturated heterocycles. The summed E-state index contributed by atoms with van der Waals surface area (Å²) in [4.78, 5) is 25.7. The van der Waals surface area contributed by atoms with E-state index in [1.54, 1.807) is 12.1 Å². The molecule has 1 aliphatic heterocycles. The maximum absolute atomic E-state index is 14.3. The summed E-state index contributed by atoms with van der Waals surface area (Å²) in [5, 5.41) is 0. The van der Waals surface area contributed by atoms with E-state index in [-0.39, 0.29) is 41.0 Å². The van der Waals surface area contributed by atoms with Crippen LogP contribution in [0.3, 0.4) is 0 Å². The van der Waals surface area contributed by atoms with E-state index in [9.17, 15) is 22.4 Å². The summed E-state index contributed by atoms with van der Waals surface area (Å²) in [6.45, 7) is -0.135. The zero-order valence-electron chi connectivity index (χ0n) is 17.5. The summed E-state index contributed by atoms with van der Waals surface area (Å²) in [7, 11) is -1.16. The third-order valence-electron chi connectivity index (χ3n) is 4.54. The second kappa shape index (κ2) is 9.37. The number of hydrogen-bond donors (Lipinski definition) is 0. The van der Waals surface area contributed by atoms with E-state index in [1.807, 2.05) is 0 Å². The van der Waals surface area contributed by atoms with Gasteiger partial charge in [-0.25, -0.2) is 22.4 Å². The predicted molar refractivity (Wildman–Crippen MR) is 110 cm³/mol. The van der Waals surface area contributed by atoms with Gasteiger partial charge in [-0.3, -0.25) is 0 Å². The van der Waals surface area contributed by atoms with Gasteiger partial charge in [-0.15, -0.1) is 0 Å². The van der Waals surface area contributed by atoms with Crippen molar-refractivity contribution in [2.75, 3.05) is 38.7 Å². The van der Waals surface area contributed by atoms with Crippen LogP contribution in [0.25, 0.3) is 0 Å². The van der Waals surface area contributed by atoms with Crippen molar-refractivity contribution in [2.24, 2.45) is 0 Å². The average Bonchev–Trinajstić information content (AvgIpc) is 2.78. The molecule has 0 radical (unpaired) electrons. The highest BCUT2D eigenvalue weighted by atomic mass is 32.2. The number of esters is 2. The molecule has 0 atom stereocenters. The molecule has 170 valence electrons. The van der Waals surface area contributed by atoms with Crippen LogP contribution in [0.1, 0.15) is 0 Å². The lowest BCUT2D eigenvalue weighted by molar-refractivity contribution is -0.140. The number of methoxy groups -OCH3 is 2. The van der Waals surface area contributed by atoms with Gasteiger partial charge < -0.3 is 23.8 Å². The number of carbonyl (C=O) groups is 2. The Morgan fingerprint density at radius 1 is 1.03 bits per heavy atom. The van der Waals surface area contributed by atoms with E-state index in [4.69, 9.17) is 18.9 Å². The van der Waals surface area contributed by atoms with Gasteiger partial charge in [0.15, 0.2) is 21.4 Å². The van der Waals surface area contributed by atoms with Gasteiger partial charge in [-0.2, -0.15) is 0 Å². The summed E-state index contributed by atoms with van der Waals surface area (Å²) in [6.07, 6.45) is 0.980. The average molecular weight is 465 g/mol. The highest BCUT2D eigenvalue weighted by Crippen LogP contribution is 2.31. The normalized spacial score (nSPS) is 14.2. The molecular formula is C21H20FNO8S. The van der Waals surface area contributed by atoms with E-state index in [0.29, 0.717) is 5.69 Å². The fraction of sp³-hybridized carbons (Fsp3) is 0.238. The van der Waals surface area contributed by atoms with E-state index in [2.05, 4.69) is 0 Å². The van der Waals surface area contributed by atoms with Crippen molar-refractivity contribution < 1.29 is 41.3 Å². The number of hydrogen-bond acceptors (Lipinski definition) is 9. The zero-order chi connectivity index (χ0) is 23.5. The van der Waals surface area contributed by atoms with Crippen LogP contribution in [-0.4, -0.2) is 54.2 Å². The molecule has 0 amide bonds. The quantitative estimate of drug-likeness (QED) is 0.594. The van der Waals surface area contributed by atoms with Gasteiger partial charge in [0, 0.05) is 11.9 Å². The molecule has 0 bridgehead atoms. The fourth-order valence-corrected chi connectivity index (χ4v) is 3.60. The summed E-state index contributed by atoms with van der Waals surface area (Å²) >= 11 is 0. The first-order valence-electron chi connectivity index (χ1n) is 9.18. The Labute approximate surface area is 183 Å². The summed E-state index contributed by atoms with van der Waals surface area (Å²) in [5.41, 5.74) is 0.479. The van der Waals surface area contributed by atoms with Crippen LogP contribution in [-0.2, 0) is 33.6 Å². The maximum Gasteiger partial charge on any atom is 0.355 e. The van der Waals surface area contributed by atoms with Crippen molar-refractivity contribution >= 4 is 27.5 Å². The minimum atomic E-state index is -3.55. The number of nitrogens with zero attached hydrogens (tertiary/aromatic N) is 1. The standard InChI is InChI=1S/C21H20FNO8S/c1-28-20(24)16-11-30-12-23(19(16)21(25)29-2)13-4-6-14(7-5-13)31-18-9-8-15(10-17(18)22)32(3,26)27/h4-10H,11-12H2,1-3H3. The van der Waals surface area contributed by atoms with Gasteiger partial charge in [-0.1, -0.05) is 0 Å². The van der Waals surface area contributed by atoms with Crippen LogP contribution in [0.4, 0.5) is 10.1 Å². The lowest BCUT2D eigenvalue weighted by atomic mass is 10.1. The fourth-order valence-electron chi connectivity index (χ4n) is 2.96. The molecule has 9 nitrogen and oxygen atoms in total. The molecule has 2 aromatic rings. The van der Waals surface area contributed by atoms with Crippen molar-refractivity contribution in [3.8, 4) is 11.5 Å². The molecule has 0 aromatic heterocycles. The van der Waals surface area contributed by atoms with Gasteiger partial charge in [0.05, 0.1) is 31.3 Å². The largest absolute Gasteiger partial charge is 0.466 e. The van der Waals surface area contributed by atoms with Gasteiger partial charge in [0.1, 0.15) is 18.2 Å². The summed E-state index contributed by atoms with van der Waals surface area (Å²) < 4.78 is 57.7. The first-order chi connectivity index (χ1) is 15.2. The second-order valence-electron chi connectivity index (χ2n) is 6.68. The van der Waals surface area contributed by atoms with E-state index in [1.165, 1.54) is 43.4 Å². The number of sulfone groups is 1. The molecule has 1 heterocycles. The second-order valence-corrected chi connectivity index (χ2v) is 8.69. The molecular weight excluding hydrogens is 445 g/mol. The topological polar surface area (TPSA) is 108 Å². The van der Waals surface area contributed by atoms with E-state index in [0.717, 1.165) is 12.3 Å². The highest BCUT2D eigenvalue weighted by molar-refractivity contribution is 7.90. The van der Waals surface area contributed by atoms with Crippen LogP contribution in [0, 0.1) is 5.82 Å². The Morgan fingerprint density at radius 3 is 2.25 bits per heavy atom. The van der Waals surface area contributed by atoms with Crippen molar-refractivity contribution in [3.63, 3.8) is 0 Å². The van der Waals surface area contributed by atoms with Gasteiger partial charge in [0.25, 0.3) is 0 Å². The molecule has 0 N–H and O–H groups in total. The maximum atomic E-state index is 14.3. The molecule has 2 aromatic carbocycles. The van der Waals surface area contributed by atoms with Gasteiger partial charge >= 0.3 is 11.9 Å². The highest BCUT2D eigenvalue weighted by Gasteiger charge is 2.32. The molecule has 3 rings (SSSR count). The number of benzene rings is 2. The third-order valence-corrected chi connectivity index (χ3v) is 5.65. The summed E-state index contributed by atoms with van der Waals surface area (Å²) in [5.74, 6) is -2.19. The van der Waals surface area contributed by atoms with Crippen LogP contribution in [0.15, 0.2) is 58.6 Å². The molecule has 0 aliphatic carbocycles. The molecule has 0 fully saturated rings. The van der Waals surface area contributed by atoms with Crippen LogP contribution in [0.2, 0.25) is 0 Å². The molecule has 0 saturated carbocycles. The summed E-state index contributed by atoms with van der Waals surface area (Å²) in [6, 6.07) is 9.52. The first kappa shape index (κ1) is 23.2.